The van der Waals surface area contributed by atoms with Crippen LogP contribution in [0.15, 0.2) is 47.6 Å². The molecule has 2 unspecified atom stereocenters. The second kappa shape index (κ2) is 10.6. The molecule has 2 N–H and O–H groups in total. The van der Waals surface area contributed by atoms with Crippen LogP contribution in [0.4, 0.5) is 16.4 Å². The van der Waals surface area contributed by atoms with E-state index in [9.17, 15) is 18.0 Å². The van der Waals surface area contributed by atoms with E-state index in [0.717, 1.165) is 22.9 Å². The molecule has 216 valence electrons. The zero-order chi connectivity index (χ0) is 29.5. The van der Waals surface area contributed by atoms with Crippen LogP contribution in [-0.2, 0) is 19.6 Å². The van der Waals surface area contributed by atoms with Gasteiger partial charge in [-0.3, -0.25) is 9.78 Å². The van der Waals surface area contributed by atoms with Gasteiger partial charge in [0, 0.05) is 24.4 Å². The fourth-order valence-corrected chi connectivity index (χ4v) is 5.84. The molecule has 2 aromatic heterocycles. The molecule has 0 saturated carbocycles. The van der Waals surface area contributed by atoms with Gasteiger partial charge in [-0.2, -0.15) is 4.98 Å². The lowest BCUT2D eigenvalue weighted by Crippen LogP contribution is -2.52. The summed E-state index contributed by atoms with van der Waals surface area (Å²) in [6.45, 7) is 9.40. The Morgan fingerprint density at radius 2 is 1.83 bits per heavy atom. The molecule has 0 radical (unpaired) electrons. The van der Waals surface area contributed by atoms with Crippen LogP contribution in [0.2, 0.25) is 0 Å². The number of carbonyl (C=O) groups excluding carboxylic acids is 2. The Kier molecular flexibility index (Phi) is 7.32. The van der Waals surface area contributed by atoms with Gasteiger partial charge in [-0.25, -0.2) is 22.9 Å². The van der Waals surface area contributed by atoms with Crippen molar-refractivity contribution >= 4 is 33.7 Å². The quantitative estimate of drug-likeness (QED) is 0.436. The van der Waals surface area contributed by atoms with Gasteiger partial charge >= 0.3 is 6.09 Å². The van der Waals surface area contributed by atoms with E-state index >= 15 is 0 Å². The number of likely N-dealkylation sites (tertiary alicyclic amines) is 1. The van der Waals surface area contributed by atoms with E-state index in [1.807, 2.05) is 32.0 Å². The van der Waals surface area contributed by atoms with Crippen LogP contribution in [-0.4, -0.2) is 65.1 Å². The van der Waals surface area contributed by atoms with E-state index in [-0.39, 0.29) is 41.9 Å². The fourth-order valence-electron chi connectivity index (χ4n) is 4.91. The molecule has 3 aromatic rings. The number of aromatic nitrogens is 3. The van der Waals surface area contributed by atoms with Crippen LogP contribution in [0.3, 0.4) is 0 Å². The molecule has 1 aromatic carbocycles. The Labute approximate surface area is 238 Å². The third kappa shape index (κ3) is 6.40. The standard InChI is InChI=1S/C28H32N6O6S/c1-16-7-6-8-17(2)24(16)22-11-23-32-26(31-22)33-41(37,38)21-10-19(12-29-13-21)30-25(35)18-9-20(39-23)15-34(14-18)27(36)40-28(3,4)5/h6-8,10-13,18,20H,9,14-15H2,1-5H3,(H,30,35)(H,31,32,33). The number of hydrogen-bond acceptors (Lipinski definition) is 9. The number of carbonyl (C=O) groups is 2. The summed E-state index contributed by atoms with van der Waals surface area (Å²) < 4.78 is 40.8. The van der Waals surface area contributed by atoms with Gasteiger partial charge in [0.25, 0.3) is 10.0 Å². The molecule has 5 rings (SSSR count). The monoisotopic (exact) mass is 580 g/mol. The van der Waals surface area contributed by atoms with Crippen molar-refractivity contribution in [2.24, 2.45) is 5.92 Å². The van der Waals surface area contributed by atoms with E-state index in [1.54, 1.807) is 26.8 Å². The van der Waals surface area contributed by atoms with Crippen molar-refractivity contribution in [3.63, 3.8) is 0 Å². The van der Waals surface area contributed by atoms with Crippen LogP contribution in [0, 0.1) is 19.8 Å². The molecular weight excluding hydrogens is 548 g/mol. The molecule has 1 saturated heterocycles. The maximum atomic E-state index is 13.3. The number of sulfonamides is 1. The number of aryl methyl sites for hydroxylation is 2. The van der Waals surface area contributed by atoms with Crippen molar-refractivity contribution in [1.29, 1.82) is 0 Å². The predicted octanol–water partition coefficient (Wildman–Crippen LogP) is 3.91. The summed E-state index contributed by atoms with van der Waals surface area (Å²) in [6, 6.07) is 8.72. The molecule has 2 amide bonds. The second-order valence-corrected chi connectivity index (χ2v) is 12.9. The first-order valence-corrected chi connectivity index (χ1v) is 14.6. The van der Waals surface area contributed by atoms with Gasteiger partial charge in [0.15, 0.2) is 0 Å². The normalized spacial score (nSPS) is 20.1. The minimum atomic E-state index is -4.17. The number of nitrogens with zero attached hydrogens (tertiary/aromatic N) is 4. The van der Waals surface area contributed by atoms with E-state index in [0.29, 0.717) is 5.69 Å². The van der Waals surface area contributed by atoms with E-state index in [1.165, 1.54) is 17.2 Å². The summed E-state index contributed by atoms with van der Waals surface area (Å²) in [5.41, 5.74) is 2.58. The number of anilines is 2. The average Bonchev–Trinajstić information content (AvgIpc) is 2.87. The molecule has 41 heavy (non-hydrogen) atoms. The third-order valence-corrected chi connectivity index (χ3v) is 7.97. The van der Waals surface area contributed by atoms with Gasteiger partial charge < -0.3 is 19.7 Å². The highest BCUT2D eigenvalue weighted by Crippen LogP contribution is 2.31. The van der Waals surface area contributed by atoms with Crippen molar-refractivity contribution in [3.05, 3.63) is 53.9 Å². The highest BCUT2D eigenvalue weighted by molar-refractivity contribution is 7.92. The van der Waals surface area contributed by atoms with Crippen molar-refractivity contribution in [2.75, 3.05) is 23.1 Å². The zero-order valence-electron chi connectivity index (χ0n) is 23.5. The maximum Gasteiger partial charge on any atom is 0.410 e. The molecule has 2 aliphatic rings. The number of hydrogen-bond donors (Lipinski definition) is 2. The van der Waals surface area contributed by atoms with E-state index < -0.39 is 39.6 Å². The van der Waals surface area contributed by atoms with Gasteiger partial charge in [0.05, 0.1) is 30.0 Å². The largest absolute Gasteiger partial charge is 0.472 e. The molecule has 13 heteroatoms. The number of rotatable bonds is 1. The van der Waals surface area contributed by atoms with Crippen molar-refractivity contribution < 1.29 is 27.5 Å². The Bertz CT molecular complexity index is 1600. The van der Waals surface area contributed by atoms with Crippen LogP contribution in [0.5, 0.6) is 5.88 Å². The van der Waals surface area contributed by atoms with Crippen LogP contribution < -0.4 is 14.8 Å². The number of fused-ring (bicyclic) bond motifs is 6. The summed E-state index contributed by atoms with van der Waals surface area (Å²) in [4.78, 5) is 40.5. The predicted molar refractivity (Wildman–Crippen MR) is 151 cm³/mol. The smallest absolute Gasteiger partial charge is 0.410 e. The SMILES string of the molecule is Cc1cccc(C)c1-c1cc2nc(n1)NS(=O)(=O)c1cncc(c1)NC(=O)C1CC(CN(C(=O)OC(C)(C)C)C1)O2. The van der Waals surface area contributed by atoms with Gasteiger partial charge in [0.1, 0.15) is 16.6 Å². The summed E-state index contributed by atoms with van der Waals surface area (Å²) in [5, 5.41) is 2.73. The molecule has 12 nitrogen and oxygen atoms in total. The Balaban J connectivity index is 1.62. The van der Waals surface area contributed by atoms with Crippen LogP contribution in [0.1, 0.15) is 38.3 Å². The molecule has 4 heterocycles. The number of nitrogens with one attached hydrogen (secondary N) is 2. The average molecular weight is 581 g/mol. The zero-order valence-corrected chi connectivity index (χ0v) is 24.3. The first-order valence-electron chi connectivity index (χ1n) is 13.2. The minimum Gasteiger partial charge on any atom is -0.472 e. The number of ether oxygens (including phenoxy) is 2. The Hall–Kier alpha value is -4.26. The lowest BCUT2D eigenvalue weighted by atomic mass is 9.95. The van der Waals surface area contributed by atoms with Gasteiger partial charge in [-0.15, -0.1) is 0 Å². The molecule has 1 fully saturated rings. The summed E-state index contributed by atoms with van der Waals surface area (Å²) in [6.07, 6.45) is 1.58. The van der Waals surface area contributed by atoms with Crippen molar-refractivity contribution in [2.45, 2.75) is 57.6 Å². The number of pyridine rings is 1. The van der Waals surface area contributed by atoms with E-state index in [4.69, 9.17) is 9.47 Å². The van der Waals surface area contributed by atoms with Gasteiger partial charge in [-0.05, 0) is 58.2 Å². The van der Waals surface area contributed by atoms with Gasteiger partial charge in [0.2, 0.25) is 17.7 Å². The number of piperidine rings is 1. The Morgan fingerprint density at radius 1 is 1.10 bits per heavy atom. The molecular formula is C28H32N6O6S. The van der Waals surface area contributed by atoms with Crippen molar-refractivity contribution in [1.82, 2.24) is 19.9 Å². The molecule has 0 aliphatic carbocycles. The van der Waals surface area contributed by atoms with Crippen LogP contribution >= 0.6 is 0 Å². The summed E-state index contributed by atoms with van der Waals surface area (Å²) in [7, 11) is -4.17. The number of benzene rings is 1. The number of amides is 2. The molecule has 0 spiro atoms. The third-order valence-electron chi connectivity index (χ3n) is 6.68. The highest BCUT2D eigenvalue weighted by atomic mass is 32.2. The Morgan fingerprint density at radius 3 is 2.54 bits per heavy atom. The van der Waals surface area contributed by atoms with E-state index in [2.05, 4.69) is 25.0 Å². The lowest BCUT2D eigenvalue weighted by molar-refractivity contribution is -0.122. The lowest BCUT2D eigenvalue weighted by Gasteiger charge is -2.37. The minimum absolute atomic E-state index is 0.0921. The summed E-state index contributed by atoms with van der Waals surface area (Å²) in [5.74, 6) is -1.19. The molecule has 2 atom stereocenters. The van der Waals surface area contributed by atoms with Crippen LogP contribution in [0.25, 0.3) is 11.3 Å². The summed E-state index contributed by atoms with van der Waals surface area (Å²) >= 11 is 0. The first kappa shape index (κ1) is 28.3. The topological polar surface area (TPSA) is 153 Å². The second-order valence-electron chi connectivity index (χ2n) is 11.2. The molecule has 6 bridgehead atoms. The molecule has 2 aliphatic heterocycles. The van der Waals surface area contributed by atoms with Gasteiger partial charge in [-0.1, -0.05) is 18.2 Å². The van der Waals surface area contributed by atoms with Crippen molar-refractivity contribution in [3.8, 4) is 17.1 Å². The first-order chi connectivity index (χ1) is 19.3. The maximum absolute atomic E-state index is 13.3. The fraction of sp³-hybridized carbons (Fsp3) is 0.393. The highest BCUT2D eigenvalue weighted by Gasteiger charge is 2.37.